The zero-order valence-electron chi connectivity index (χ0n) is 9.72. The molecule has 0 bridgehead atoms. The van der Waals surface area contributed by atoms with Gasteiger partial charge in [0.15, 0.2) is 0 Å². The molecule has 0 aromatic heterocycles. The summed E-state index contributed by atoms with van der Waals surface area (Å²) in [4.78, 5) is 10.6. The first-order chi connectivity index (χ1) is 7.91. The highest BCUT2D eigenvalue weighted by Gasteiger charge is 2.20. The van der Waals surface area contributed by atoms with E-state index in [9.17, 15) is 14.3 Å². The van der Waals surface area contributed by atoms with Crippen molar-refractivity contribution in [3.8, 4) is 0 Å². The van der Waals surface area contributed by atoms with Crippen LogP contribution in [0, 0.1) is 5.82 Å². The predicted octanol–water partition coefficient (Wildman–Crippen LogP) is 1.31. The quantitative estimate of drug-likeness (QED) is 0.727. The van der Waals surface area contributed by atoms with E-state index in [0.717, 1.165) is 0 Å². The van der Waals surface area contributed by atoms with Gasteiger partial charge in [0.25, 0.3) is 0 Å². The van der Waals surface area contributed by atoms with E-state index in [-0.39, 0.29) is 5.82 Å². The molecule has 0 spiro atoms. The lowest BCUT2D eigenvalue weighted by Crippen LogP contribution is -2.42. The van der Waals surface area contributed by atoms with Crippen LogP contribution in [0.15, 0.2) is 24.3 Å². The highest BCUT2D eigenvalue weighted by atomic mass is 19.1. The smallest absolute Gasteiger partial charge is 0.320 e. The Morgan fingerprint density at radius 1 is 1.29 bits per heavy atom. The predicted molar refractivity (Wildman–Crippen MR) is 61.1 cm³/mol. The standard InChI is InChI=1S/C12H16FNO3/c1-7(14-8(2)12(16)17)11(15)9-3-5-10(13)6-4-9/h3-8,11,14-15H,1-2H3,(H,16,17). The van der Waals surface area contributed by atoms with Crippen LogP contribution in [0.25, 0.3) is 0 Å². The number of carbonyl (C=O) groups is 1. The topological polar surface area (TPSA) is 69.6 Å². The van der Waals surface area contributed by atoms with Crippen LogP contribution >= 0.6 is 0 Å². The number of hydrogen-bond acceptors (Lipinski definition) is 3. The van der Waals surface area contributed by atoms with Gasteiger partial charge in [-0.2, -0.15) is 0 Å². The lowest BCUT2D eigenvalue weighted by molar-refractivity contribution is -0.139. The van der Waals surface area contributed by atoms with Crippen LogP contribution < -0.4 is 5.32 Å². The van der Waals surface area contributed by atoms with Gasteiger partial charge < -0.3 is 10.2 Å². The highest BCUT2D eigenvalue weighted by Crippen LogP contribution is 2.17. The summed E-state index contributed by atoms with van der Waals surface area (Å²) in [5.41, 5.74) is 0.545. The highest BCUT2D eigenvalue weighted by molar-refractivity contribution is 5.72. The number of hydrogen-bond donors (Lipinski definition) is 3. The number of nitrogens with one attached hydrogen (secondary N) is 1. The number of rotatable bonds is 5. The van der Waals surface area contributed by atoms with Gasteiger partial charge in [0, 0.05) is 6.04 Å². The van der Waals surface area contributed by atoms with Crippen molar-refractivity contribution in [1.82, 2.24) is 5.32 Å². The largest absolute Gasteiger partial charge is 0.480 e. The molecule has 0 aliphatic carbocycles. The van der Waals surface area contributed by atoms with Crippen LogP contribution in [-0.2, 0) is 4.79 Å². The third kappa shape index (κ3) is 3.80. The minimum Gasteiger partial charge on any atom is -0.480 e. The lowest BCUT2D eigenvalue weighted by Gasteiger charge is -2.22. The van der Waals surface area contributed by atoms with Gasteiger partial charge in [-0.25, -0.2) is 4.39 Å². The fourth-order valence-corrected chi connectivity index (χ4v) is 1.51. The average molecular weight is 241 g/mol. The molecule has 0 fully saturated rings. The Balaban J connectivity index is 2.66. The van der Waals surface area contributed by atoms with Crippen LogP contribution in [0.1, 0.15) is 25.5 Å². The van der Waals surface area contributed by atoms with Crippen molar-refractivity contribution in [3.05, 3.63) is 35.6 Å². The first-order valence-electron chi connectivity index (χ1n) is 5.34. The second-order valence-corrected chi connectivity index (χ2v) is 4.01. The van der Waals surface area contributed by atoms with E-state index >= 15 is 0 Å². The van der Waals surface area contributed by atoms with E-state index in [0.29, 0.717) is 5.56 Å². The van der Waals surface area contributed by atoms with Crippen LogP contribution in [-0.4, -0.2) is 28.3 Å². The minimum absolute atomic E-state index is 0.375. The van der Waals surface area contributed by atoms with E-state index in [1.165, 1.54) is 31.2 Å². The van der Waals surface area contributed by atoms with Gasteiger partial charge in [0.1, 0.15) is 11.9 Å². The Morgan fingerprint density at radius 2 is 1.82 bits per heavy atom. The zero-order valence-corrected chi connectivity index (χ0v) is 9.72. The molecule has 1 aromatic rings. The molecule has 3 N–H and O–H groups in total. The second-order valence-electron chi connectivity index (χ2n) is 4.01. The third-order valence-electron chi connectivity index (χ3n) is 2.57. The van der Waals surface area contributed by atoms with Gasteiger partial charge in [-0.3, -0.25) is 10.1 Å². The third-order valence-corrected chi connectivity index (χ3v) is 2.57. The maximum absolute atomic E-state index is 12.7. The molecule has 17 heavy (non-hydrogen) atoms. The summed E-state index contributed by atoms with van der Waals surface area (Å²) in [7, 11) is 0. The van der Waals surface area contributed by atoms with Crippen molar-refractivity contribution < 1.29 is 19.4 Å². The molecular formula is C12H16FNO3. The summed E-state index contributed by atoms with van der Waals surface area (Å²) in [5.74, 6) is -1.36. The van der Waals surface area contributed by atoms with Gasteiger partial charge in [-0.05, 0) is 31.5 Å². The first kappa shape index (κ1) is 13.6. The molecule has 1 aromatic carbocycles. The summed E-state index contributed by atoms with van der Waals surface area (Å²) in [5, 5.41) is 21.4. The summed E-state index contributed by atoms with van der Waals surface area (Å²) in [6, 6.07) is 4.28. The fraction of sp³-hybridized carbons (Fsp3) is 0.417. The molecule has 0 saturated carbocycles. The van der Waals surface area contributed by atoms with Crippen LogP contribution in [0.3, 0.4) is 0 Å². The average Bonchev–Trinajstić information content (AvgIpc) is 2.28. The summed E-state index contributed by atoms with van der Waals surface area (Å²) in [6.45, 7) is 3.17. The van der Waals surface area contributed by atoms with Gasteiger partial charge in [0.05, 0.1) is 6.10 Å². The summed E-state index contributed by atoms with van der Waals surface area (Å²) < 4.78 is 12.7. The second kappa shape index (κ2) is 5.75. The van der Waals surface area contributed by atoms with Crippen LogP contribution in [0.5, 0.6) is 0 Å². The Hall–Kier alpha value is -1.46. The van der Waals surface area contributed by atoms with Gasteiger partial charge in [-0.15, -0.1) is 0 Å². The number of aliphatic carboxylic acids is 1. The lowest BCUT2D eigenvalue weighted by atomic mass is 10.0. The minimum atomic E-state index is -0.983. The summed E-state index contributed by atoms with van der Waals surface area (Å²) >= 11 is 0. The fourth-order valence-electron chi connectivity index (χ4n) is 1.51. The molecule has 0 heterocycles. The van der Waals surface area contributed by atoms with Gasteiger partial charge in [0.2, 0.25) is 0 Å². The normalized spacial score (nSPS) is 16.2. The SMILES string of the molecule is CC(NC(C)C(O)c1ccc(F)cc1)C(=O)O. The van der Waals surface area contributed by atoms with Gasteiger partial charge >= 0.3 is 5.97 Å². The number of carboxylic acids is 1. The first-order valence-corrected chi connectivity index (χ1v) is 5.34. The molecule has 0 aliphatic rings. The van der Waals surface area contributed by atoms with Gasteiger partial charge in [-0.1, -0.05) is 12.1 Å². The van der Waals surface area contributed by atoms with Crippen molar-refractivity contribution in [3.63, 3.8) is 0 Å². The zero-order chi connectivity index (χ0) is 13.0. The number of carboxylic acid groups (broad SMARTS) is 1. The molecule has 3 unspecified atom stereocenters. The number of aliphatic hydroxyl groups excluding tert-OH is 1. The van der Waals surface area contributed by atoms with E-state index in [4.69, 9.17) is 5.11 Å². The van der Waals surface area contributed by atoms with E-state index in [1.54, 1.807) is 6.92 Å². The molecule has 0 saturated heterocycles. The monoisotopic (exact) mass is 241 g/mol. The molecule has 1 rings (SSSR count). The van der Waals surface area contributed by atoms with Crippen molar-refractivity contribution in [2.45, 2.75) is 32.0 Å². The molecule has 5 heteroatoms. The van der Waals surface area contributed by atoms with Crippen LogP contribution in [0.4, 0.5) is 4.39 Å². The number of aliphatic hydroxyl groups is 1. The molecule has 3 atom stereocenters. The van der Waals surface area contributed by atoms with Crippen molar-refractivity contribution in [1.29, 1.82) is 0 Å². The Labute approximate surface area is 99.1 Å². The van der Waals surface area contributed by atoms with E-state index < -0.39 is 24.2 Å². The van der Waals surface area contributed by atoms with Crippen LogP contribution in [0.2, 0.25) is 0 Å². The van der Waals surface area contributed by atoms with Crippen molar-refractivity contribution in [2.24, 2.45) is 0 Å². The Bertz CT molecular complexity index is 380. The molecular weight excluding hydrogens is 225 g/mol. The maximum Gasteiger partial charge on any atom is 0.320 e. The molecule has 0 aliphatic heterocycles. The number of benzene rings is 1. The molecule has 94 valence electrons. The molecule has 4 nitrogen and oxygen atoms in total. The van der Waals surface area contributed by atoms with E-state index in [1.807, 2.05) is 0 Å². The Morgan fingerprint density at radius 3 is 2.29 bits per heavy atom. The van der Waals surface area contributed by atoms with Crippen molar-refractivity contribution >= 4 is 5.97 Å². The molecule has 0 amide bonds. The van der Waals surface area contributed by atoms with E-state index in [2.05, 4.69) is 5.32 Å². The Kier molecular flexibility index (Phi) is 4.60. The number of halogens is 1. The molecule has 0 radical (unpaired) electrons. The maximum atomic E-state index is 12.7. The van der Waals surface area contributed by atoms with Crippen molar-refractivity contribution in [2.75, 3.05) is 0 Å². The summed E-state index contributed by atoms with van der Waals surface area (Å²) in [6.07, 6.45) is -0.877.